The summed E-state index contributed by atoms with van der Waals surface area (Å²) >= 11 is 0. The molecule has 0 aromatic carbocycles. The van der Waals surface area contributed by atoms with Crippen LogP contribution >= 0.6 is 0 Å². The van der Waals surface area contributed by atoms with E-state index in [1.807, 2.05) is 13.0 Å². The van der Waals surface area contributed by atoms with Crippen LogP contribution < -0.4 is 11.2 Å². The van der Waals surface area contributed by atoms with Crippen molar-refractivity contribution in [2.45, 2.75) is 25.7 Å². The topological polar surface area (TPSA) is 124 Å². The summed E-state index contributed by atoms with van der Waals surface area (Å²) < 4.78 is 29.5. The molecule has 136 valence electrons. The van der Waals surface area contributed by atoms with Crippen LogP contribution in [0.25, 0.3) is 0 Å². The van der Waals surface area contributed by atoms with Crippen LogP contribution in [0.3, 0.4) is 0 Å². The van der Waals surface area contributed by atoms with Gasteiger partial charge in [0.1, 0.15) is 0 Å². The molecule has 1 aliphatic rings. The Morgan fingerprint density at radius 3 is 2.16 bits per heavy atom. The predicted octanol–water partition coefficient (Wildman–Crippen LogP) is 1.29. The van der Waals surface area contributed by atoms with Gasteiger partial charge in [0.15, 0.2) is 6.23 Å². The molecule has 1 aliphatic heterocycles. The van der Waals surface area contributed by atoms with Gasteiger partial charge in [-0.1, -0.05) is 19.6 Å². The van der Waals surface area contributed by atoms with E-state index in [2.05, 4.69) is 31.5 Å². The second-order valence-electron chi connectivity index (χ2n) is 3.81. The van der Waals surface area contributed by atoms with E-state index >= 15 is 0 Å². The number of rotatable bonds is 3. The van der Waals surface area contributed by atoms with Crippen LogP contribution in [0.4, 0.5) is 0 Å². The Morgan fingerprint density at radius 1 is 1.28 bits per heavy atom. The van der Waals surface area contributed by atoms with Crippen LogP contribution in [0.1, 0.15) is 19.6 Å². The zero-order valence-electron chi connectivity index (χ0n) is 13.6. The summed E-state index contributed by atoms with van der Waals surface area (Å²) in [6, 6.07) is 1.30. The summed E-state index contributed by atoms with van der Waals surface area (Å²) in [5.74, 6) is 0. The van der Waals surface area contributed by atoms with Crippen molar-refractivity contribution in [3.05, 3.63) is 84.8 Å². The van der Waals surface area contributed by atoms with Gasteiger partial charge >= 0.3 is 39.6 Å². The third kappa shape index (κ3) is 9.05. The summed E-state index contributed by atoms with van der Waals surface area (Å²) in [4.78, 5) is 24.7. The number of nitrogens with one attached hydrogen (secondary N) is 1. The molecule has 1 N–H and O–H groups in total. The van der Waals surface area contributed by atoms with Gasteiger partial charge in [-0.05, 0) is 18.1 Å². The molecule has 0 amide bonds. The normalized spacial score (nSPS) is 16.2. The summed E-state index contributed by atoms with van der Waals surface area (Å²) in [5.41, 5.74) is 0.0822. The van der Waals surface area contributed by atoms with E-state index in [1.54, 1.807) is 6.08 Å². The summed E-state index contributed by atoms with van der Waals surface area (Å²) in [6.45, 7) is 19.2. The van der Waals surface area contributed by atoms with Crippen LogP contribution in [0, 0.1) is 27.4 Å². The van der Waals surface area contributed by atoms with Crippen molar-refractivity contribution in [2.24, 2.45) is 0 Å². The number of hydrogen-bond donors (Lipinski definition) is 1. The van der Waals surface area contributed by atoms with Gasteiger partial charge in [-0.25, -0.2) is 4.79 Å². The molecule has 1 aromatic heterocycles. The third-order valence-corrected chi connectivity index (χ3v) is 2.74. The maximum absolute atomic E-state index is 11.6. The zero-order valence-corrected chi connectivity index (χ0v) is 14.7. The standard InChI is InChI=1S/C12H14N2O3.3CO.CH3.Fe/c1-3-8-7-11(17-9(8)4-2)14-6-5-10(15)13-12(14)16;3*1-2;;/h3,5-7,9,11H,1,4H2,2H3,(H,13,15,16);;;;1H3;/q;;;;-1;/t9-,11-;;;;;/m1...../s1. The predicted molar refractivity (Wildman–Crippen MR) is 82.0 cm³/mol. The molecule has 0 spiro atoms. The van der Waals surface area contributed by atoms with Gasteiger partial charge in [-0.3, -0.25) is 14.3 Å². The summed E-state index contributed by atoms with van der Waals surface area (Å²) in [6.07, 6.45) is 5.29. The first-order valence-corrected chi connectivity index (χ1v) is 6.08. The second-order valence-corrected chi connectivity index (χ2v) is 3.81. The van der Waals surface area contributed by atoms with E-state index in [1.165, 1.54) is 16.8 Å². The number of aromatic amines is 1. The minimum Gasteiger partial charge on any atom is -0.358 e. The van der Waals surface area contributed by atoms with E-state index in [4.69, 9.17) is 18.7 Å². The first kappa shape index (κ1) is 30.7. The number of aromatic nitrogens is 2. The summed E-state index contributed by atoms with van der Waals surface area (Å²) in [5, 5.41) is 0. The molecule has 8 nitrogen and oxygen atoms in total. The van der Waals surface area contributed by atoms with E-state index in [0.29, 0.717) is 0 Å². The van der Waals surface area contributed by atoms with Gasteiger partial charge in [0, 0.05) is 29.3 Å². The van der Waals surface area contributed by atoms with Crippen molar-refractivity contribution in [1.29, 1.82) is 0 Å². The van der Waals surface area contributed by atoms with Crippen molar-refractivity contribution in [1.82, 2.24) is 9.55 Å². The first-order valence-electron chi connectivity index (χ1n) is 6.08. The molecule has 0 saturated carbocycles. The van der Waals surface area contributed by atoms with Crippen molar-refractivity contribution in [3.8, 4) is 0 Å². The van der Waals surface area contributed by atoms with Gasteiger partial charge in [0.05, 0.1) is 6.10 Å². The van der Waals surface area contributed by atoms with Crippen molar-refractivity contribution >= 4 is 0 Å². The molecule has 25 heavy (non-hydrogen) atoms. The molecular weight excluding hydrogens is 372 g/mol. The van der Waals surface area contributed by atoms with Crippen molar-refractivity contribution in [2.75, 3.05) is 0 Å². The first-order chi connectivity index (χ1) is 11.2. The van der Waals surface area contributed by atoms with Crippen molar-refractivity contribution < 1.29 is 35.8 Å². The van der Waals surface area contributed by atoms with Crippen LogP contribution in [0.15, 0.2) is 46.2 Å². The van der Waals surface area contributed by atoms with Crippen LogP contribution in [0.5, 0.6) is 0 Å². The molecule has 9 heteroatoms. The Kier molecular flexibility index (Phi) is 22.4. The second kappa shape index (κ2) is 18.2. The molecule has 0 bridgehead atoms. The SMILES string of the molecule is C=CC1=C[C@H](n2ccc(=O)[nH]c2=O)O[C@@H]1CC.[C-]#[O+].[C-]#[O+].[C-]#[O+].[CH3-].[Fe]. The molecule has 1 aromatic rings. The molecular formula is C16H17FeN2O6-. The fraction of sp³-hybridized carbons (Fsp3) is 0.250. The van der Waals surface area contributed by atoms with E-state index < -0.39 is 17.5 Å². The maximum Gasteiger partial charge on any atom is 0 e. The summed E-state index contributed by atoms with van der Waals surface area (Å²) in [7, 11) is 0. The minimum atomic E-state index is -0.475. The molecule has 0 aliphatic carbocycles. The largest absolute Gasteiger partial charge is 0.358 e. The van der Waals surface area contributed by atoms with Crippen LogP contribution in [-0.4, -0.2) is 15.7 Å². The molecule has 0 radical (unpaired) electrons. The maximum atomic E-state index is 11.6. The van der Waals surface area contributed by atoms with Crippen molar-refractivity contribution in [3.63, 3.8) is 0 Å². The fourth-order valence-corrected chi connectivity index (χ4v) is 1.86. The Labute approximate surface area is 156 Å². The van der Waals surface area contributed by atoms with Gasteiger partial charge in [0.2, 0.25) is 0 Å². The van der Waals surface area contributed by atoms with E-state index in [0.717, 1.165) is 12.0 Å². The van der Waals surface area contributed by atoms with Gasteiger partial charge in [0.25, 0.3) is 5.56 Å². The molecule has 0 saturated heterocycles. The monoisotopic (exact) mass is 389 g/mol. The molecule has 2 rings (SSSR count). The number of H-pyrrole nitrogens is 1. The van der Waals surface area contributed by atoms with Gasteiger partial charge in [-0.15, -0.1) is 0 Å². The molecule has 0 unspecified atom stereocenters. The van der Waals surface area contributed by atoms with Crippen LogP contribution in [-0.2, 0) is 35.8 Å². The van der Waals surface area contributed by atoms with Gasteiger partial charge in [-0.2, -0.15) is 0 Å². The molecule has 2 heterocycles. The average Bonchev–Trinajstić information content (AvgIpc) is 3.03. The smallest absolute Gasteiger partial charge is 0 e. The Hall–Kier alpha value is -2.14. The Bertz CT molecular complexity index is 685. The van der Waals surface area contributed by atoms with E-state index in [-0.39, 0.29) is 30.6 Å². The number of ether oxygens (including phenoxy) is 1. The average molecular weight is 389 g/mol. The minimum absolute atomic E-state index is 0. The zero-order chi connectivity index (χ0) is 18.4. The molecule has 0 fully saturated rings. The Balaban J connectivity index is -0.000000250. The number of nitrogens with zero attached hydrogens (tertiary/aromatic N) is 1. The third-order valence-electron chi connectivity index (χ3n) is 2.74. The molecule has 2 atom stereocenters. The Morgan fingerprint density at radius 2 is 1.80 bits per heavy atom. The van der Waals surface area contributed by atoms with E-state index in [9.17, 15) is 9.59 Å². The number of hydrogen-bond acceptors (Lipinski definition) is 3. The van der Waals surface area contributed by atoms with Gasteiger partial charge < -0.3 is 12.2 Å². The quantitative estimate of drug-likeness (QED) is 0.476. The fourth-order valence-electron chi connectivity index (χ4n) is 1.86. The van der Waals surface area contributed by atoms with Crippen LogP contribution in [0.2, 0.25) is 0 Å².